The van der Waals surface area contributed by atoms with Gasteiger partial charge in [0.15, 0.2) is 0 Å². The minimum atomic E-state index is -1.16. The van der Waals surface area contributed by atoms with E-state index >= 15 is 0 Å². The van der Waals surface area contributed by atoms with Gasteiger partial charge in [0, 0.05) is 63.5 Å². The summed E-state index contributed by atoms with van der Waals surface area (Å²) in [7, 11) is -0.600. The molecule has 0 amide bonds. The molecule has 0 bridgehead atoms. The van der Waals surface area contributed by atoms with Gasteiger partial charge in [-0.2, -0.15) is 5.10 Å². The molecule has 0 unspecified atom stereocenters. The van der Waals surface area contributed by atoms with E-state index in [1.54, 1.807) is 7.11 Å². The van der Waals surface area contributed by atoms with E-state index in [1.807, 2.05) is 33.6 Å². The number of pyridine rings is 1. The molecule has 0 spiro atoms. The quantitative estimate of drug-likeness (QED) is 0.103. The monoisotopic (exact) mass is 558 g/mol. The van der Waals surface area contributed by atoms with E-state index in [2.05, 4.69) is 61.6 Å². The molecule has 0 saturated carbocycles. The molecule has 4 aromatic rings. The number of halogens is 1. The maximum absolute atomic E-state index is 6.28. The predicted molar refractivity (Wildman–Crippen MR) is 158 cm³/mol. The highest BCUT2D eigenvalue weighted by Crippen LogP contribution is 2.39. The van der Waals surface area contributed by atoms with Gasteiger partial charge < -0.3 is 18.8 Å². The van der Waals surface area contributed by atoms with Gasteiger partial charge in [0.05, 0.1) is 18.8 Å². The number of methoxy groups -OCH3 is 1. The smallest absolute Gasteiger partial charge is 0.144 e. The molecular formula is C27H39ClN4O3Si2. The molecule has 200 valence electrons. The third-order valence-electron chi connectivity index (χ3n) is 6.38. The normalized spacial score (nSPS) is 12.6. The fourth-order valence-corrected chi connectivity index (χ4v) is 5.77. The van der Waals surface area contributed by atoms with Crippen LogP contribution in [0.3, 0.4) is 0 Å². The number of benzene rings is 1. The lowest BCUT2D eigenvalue weighted by Crippen LogP contribution is -2.22. The molecule has 7 nitrogen and oxygen atoms in total. The van der Waals surface area contributed by atoms with Gasteiger partial charge in [-0.1, -0.05) is 50.9 Å². The van der Waals surface area contributed by atoms with E-state index in [1.165, 1.54) is 0 Å². The van der Waals surface area contributed by atoms with E-state index in [-0.39, 0.29) is 0 Å². The molecule has 0 N–H and O–H groups in total. The van der Waals surface area contributed by atoms with Crippen LogP contribution in [0, 0.1) is 0 Å². The first kappa shape index (κ1) is 27.8. The molecule has 0 radical (unpaired) electrons. The lowest BCUT2D eigenvalue weighted by molar-refractivity contribution is 0.0817. The van der Waals surface area contributed by atoms with Gasteiger partial charge in [0.2, 0.25) is 0 Å². The van der Waals surface area contributed by atoms with Gasteiger partial charge in [-0.05, 0) is 30.3 Å². The first-order valence-electron chi connectivity index (χ1n) is 12.8. The Kier molecular flexibility index (Phi) is 8.49. The summed E-state index contributed by atoms with van der Waals surface area (Å²) in [6, 6.07) is 10.2. The largest absolute Gasteiger partial charge is 0.496 e. The van der Waals surface area contributed by atoms with Crippen LogP contribution >= 0.6 is 11.6 Å². The first-order valence-corrected chi connectivity index (χ1v) is 20.6. The van der Waals surface area contributed by atoms with Crippen molar-refractivity contribution in [3.05, 3.63) is 41.8 Å². The van der Waals surface area contributed by atoms with Crippen molar-refractivity contribution in [3.63, 3.8) is 0 Å². The van der Waals surface area contributed by atoms with Crippen LogP contribution < -0.4 is 4.74 Å². The second kappa shape index (κ2) is 11.3. The zero-order valence-electron chi connectivity index (χ0n) is 23.1. The Balaban J connectivity index is 1.64. The highest BCUT2D eigenvalue weighted by Gasteiger charge is 2.19. The summed E-state index contributed by atoms with van der Waals surface area (Å²) < 4.78 is 21.8. The molecule has 10 heteroatoms. The Bertz CT molecular complexity index is 1370. The molecule has 37 heavy (non-hydrogen) atoms. The minimum Gasteiger partial charge on any atom is -0.496 e. The second-order valence-corrected chi connectivity index (χ2v) is 23.6. The molecule has 0 saturated heterocycles. The van der Waals surface area contributed by atoms with Crippen molar-refractivity contribution < 1.29 is 14.2 Å². The lowest BCUT2D eigenvalue weighted by atomic mass is 10.0. The molecule has 0 atom stereocenters. The van der Waals surface area contributed by atoms with Crippen molar-refractivity contribution in [2.75, 3.05) is 20.3 Å². The summed E-state index contributed by atoms with van der Waals surface area (Å²) in [6.07, 6.45) is 3.96. The zero-order valence-corrected chi connectivity index (χ0v) is 25.9. The molecule has 0 fully saturated rings. The Labute approximate surface area is 226 Å². The minimum absolute atomic E-state index is 0.422. The highest BCUT2D eigenvalue weighted by molar-refractivity contribution is 6.76. The molecule has 3 aromatic heterocycles. The number of rotatable bonds is 12. The molecule has 0 aliphatic heterocycles. The van der Waals surface area contributed by atoms with Crippen molar-refractivity contribution in [2.45, 2.75) is 64.8 Å². The van der Waals surface area contributed by atoms with Crippen LogP contribution in [0.25, 0.3) is 33.1 Å². The Morgan fingerprint density at radius 3 is 2.22 bits per heavy atom. The third kappa shape index (κ3) is 7.03. The van der Waals surface area contributed by atoms with Gasteiger partial charge in [0.1, 0.15) is 30.0 Å². The SMILES string of the molecule is COc1cc2c(cnn2COCC[Si](C)(C)C)cc1-c1cn(COCC[Si](C)(C)C)c2nc(Cl)ccc12. The summed E-state index contributed by atoms with van der Waals surface area (Å²) >= 11 is 6.28. The maximum atomic E-state index is 6.28. The van der Waals surface area contributed by atoms with Crippen molar-refractivity contribution >= 4 is 49.7 Å². The fraction of sp³-hybridized carbons (Fsp3) is 0.481. The van der Waals surface area contributed by atoms with Crippen LogP contribution in [0.2, 0.25) is 56.5 Å². The Morgan fingerprint density at radius 2 is 1.57 bits per heavy atom. The summed E-state index contributed by atoms with van der Waals surface area (Å²) in [4.78, 5) is 4.62. The van der Waals surface area contributed by atoms with E-state index < -0.39 is 16.1 Å². The van der Waals surface area contributed by atoms with Crippen LogP contribution in [0.15, 0.2) is 36.7 Å². The highest BCUT2D eigenvalue weighted by atomic mass is 35.5. The first-order chi connectivity index (χ1) is 17.4. The van der Waals surface area contributed by atoms with Gasteiger partial charge in [0.25, 0.3) is 0 Å². The average molecular weight is 559 g/mol. The lowest BCUT2D eigenvalue weighted by Gasteiger charge is -2.15. The molecular weight excluding hydrogens is 520 g/mol. The van der Waals surface area contributed by atoms with Crippen molar-refractivity contribution in [1.82, 2.24) is 19.3 Å². The second-order valence-electron chi connectivity index (χ2n) is 12.0. The van der Waals surface area contributed by atoms with E-state index in [4.69, 9.17) is 25.8 Å². The number of nitrogens with zero attached hydrogens (tertiary/aromatic N) is 4. The summed E-state index contributed by atoms with van der Waals surface area (Å²) in [5, 5.41) is 7.07. The topological polar surface area (TPSA) is 63.3 Å². The Hall–Kier alpha value is -2.18. The fourth-order valence-electron chi connectivity index (χ4n) is 4.11. The number of ether oxygens (including phenoxy) is 3. The third-order valence-corrected chi connectivity index (χ3v) is 10.00. The van der Waals surface area contributed by atoms with Crippen LogP contribution in [0.1, 0.15) is 0 Å². The van der Waals surface area contributed by atoms with Crippen LogP contribution in [-0.4, -0.2) is 55.8 Å². The standard InChI is InChI=1S/C27H39ClN4O3Si2/c1-33-25-15-24-20(16-29-32(24)19-35-11-13-37(5,6)7)14-22(25)23-17-31(18-34-10-12-36(2,3)4)27-21(23)8-9-26(28)30-27/h8-9,14-17H,10-13,18-19H2,1-7H3. The summed E-state index contributed by atoms with van der Waals surface area (Å²) in [5.74, 6) is 0.769. The molecule has 4 rings (SSSR count). The molecule has 3 heterocycles. The van der Waals surface area contributed by atoms with Gasteiger partial charge in [-0.15, -0.1) is 0 Å². The van der Waals surface area contributed by atoms with Gasteiger partial charge in [-0.3, -0.25) is 0 Å². The Morgan fingerprint density at radius 1 is 0.892 bits per heavy atom. The zero-order chi connectivity index (χ0) is 26.8. The van der Waals surface area contributed by atoms with Crippen molar-refractivity contribution in [3.8, 4) is 16.9 Å². The van der Waals surface area contributed by atoms with E-state index in [0.717, 1.165) is 64.1 Å². The molecule has 0 aliphatic rings. The molecule has 1 aromatic carbocycles. The van der Waals surface area contributed by atoms with Gasteiger partial charge >= 0.3 is 0 Å². The predicted octanol–water partition coefficient (Wildman–Crippen LogP) is 7.34. The number of fused-ring (bicyclic) bond motifs is 2. The van der Waals surface area contributed by atoms with E-state index in [0.29, 0.717) is 18.6 Å². The maximum Gasteiger partial charge on any atom is 0.144 e. The van der Waals surface area contributed by atoms with Gasteiger partial charge in [-0.25, -0.2) is 9.67 Å². The van der Waals surface area contributed by atoms with Crippen LogP contribution in [-0.2, 0) is 22.9 Å². The van der Waals surface area contributed by atoms with Crippen LogP contribution in [0.4, 0.5) is 0 Å². The summed E-state index contributed by atoms with van der Waals surface area (Å²) in [5.41, 5.74) is 3.77. The number of hydrogen-bond donors (Lipinski definition) is 0. The number of aromatic nitrogens is 4. The molecule has 0 aliphatic carbocycles. The van der Waals surface area contributed by atoms with Crippen molar-refractivity contribution in [2.24, 2.45) is 0 Å². The van der Waals surface area contributed by atoms with Crippen LogP contribution in [0.5, 0.6) is 5.75 Å². The van der Waals surface area contributed by atoms with Crippen molar-refractivity contribution in [1.29, 1.82) is 0 Å². The summed E-state index contributed by atoms with van der Waals surface area (Å²) in [6.45, 7) is 16.4. The number of hydrogen-bond acceptors (Lipinski definition) is 5. The average Bonchev–Trinajstić information content (AvgIpc) is 3.38. The van der Waals surface area contributed by atoms with E-state index in [9.17, 15) is 0 Å².